The molecular weight excluding hydrogens is 441 g/mol. The quantitative estimate of drug-likeness (QED) is 0.262. The first-order chi connectivity index (χ1) is 14.0. The van der Waals surface area contributed by atoms with Gasteiger partial charge in [0.15, 0.2) is 5.84 Å². The number of amidine groups is 1. The highest BCUT2D eigenvalue weighted by atomic mass is 79.9. The maximum atomic E-state index is 13.4. The summed E-state index contributed by atoms with van der Waals surface area (Å²) >= 11 is 3.11. The van der Waals surface area contributed by atoms with E-state index in [-0.39, 0.29) is 10.3 Å². The van der Waals surface area contributed by atoms with Crippen LogP contribution in [0.2, 0.25) is 0 Å². The van der Waals surface area contributed by atoms with Crippen LogP contribution >= 0.6 is 15.9 Å². The molecule has 3 aromatic rings. The van der Waals surface area contributed by atoms with E-state index in [1.165, 1.54) is 30.7 Å². The number of benzene rings is 2. The van der Waals surface area contributed by atoms with Crippen molar-refractivity contribution in [3.05, 3.63) is 82.0 Å². The van der Waals surface area contributed by atoms with E-state index in [0.29, 0.717) is 35.4 Å². The van der Waals surface area contributed by atoms with Crippen LogP contribution in [0, 0.1) is 11.2 Å². The Morgan fingerprint density at radius 2 is 1.97 bits per heavy atom. The zero-order chi connectivity index (χ0) is 20.8. The molecule has 0 aliphatic heterocycles. The third-order valence-electron chi connectivity index (χ3n) is 4.23. The fourth-order valence-electron chi connectivity index (χ4n) is 2.78. The molecule has 8 heteroatoms. The first-order valence-corrected chi connectivity index (χ1v) is 9.48. The summed E-state index contributed by atoms with van der Waals surface area (Å²) in [4.78, 5) is 4.31. The van der Waals surface area contributed by atoms with Crippen molar-refractivity contribution in [1.29, 1.82) is 5.41 Å². The standard InChI is InChI=1S/C21H19BrFN3O3/c1-28-17-5-2-13(3-6-17)8-15(24)9-14-11-29-12-18(14)21(26-27)25-16-4-7-20(23)19(22)10-16/h2-7,10-12,24,27H,8-9H2,1H3,(H,25,26). The van der Waals surface area contributed by atoms with Gasteiger partial charge in [-0.15, -0.1) is 0 Å². The topological polar surface area (TPSA) is 90.8 Å². The third-order valence-corrected chi connectivity index (χ3v) is 4.84. The second kappa shape index (κ2) is 9.49. The zero-order valence-electron chi connectivity index (χ0n) is 15.6. The minimum atomic E-state index is -0.404. The molecule has 2 aromatic carbocycles. The maximum absolute atomic E-state index is 13.4. The van der Waals surface area contributed by atoms with Crippen molar-refractivity contribution in [1.82, 2.24) is 5.48 Å². The lowest BCUT2D eigenvalue weighted by Gasteiger charge is -2.08. The van der Waals surface area contributed by atoms with E-state index in [0.717, 1.165) is 11.3 Å². The molecule has 0 bridgehead atoms. The summed E-state index contributed by atoms with van der Waals surface area (Å²) in [7, 11) is 1.61. The zero-order valence-corrected chi connectivity index (χ0v) is 17.2. The molecule has 29 heavy (non-hydrogen) atoms. The van der Waals surface area contributed by atoms with Gasteiger partial charge >= 0.3 is 0 Å². The van der Waals surface area contributed by atoms with E-state index >= 15 is 0 Å². The number of ether oxygens (including phenoxy) is 1. The lowest BCUT2D eigenvalue weighted by molar-refractivity contribution is 0.235. The number of halogens is 2. The highest BCUT2D eigenvalue weighted by molar-refractivity contribution is 9.10. The van der Waals surface area contributed by atoms with E-state index in [1.807, 2.05) is 24.3 Å². The summed E-state index contributed by atoms with van der Waals surface area (Å²) in [5.41, 5.74) is 5.18. The number of aliphatic imine (C=N–C) groups is 1. The molecular formula is C21H19BrFN3O3. The molecule has 1 heterocycles. The number of furan rings is 1. The van der Waals surface area contributed by atoms with Gasteiger partial charge in [-0.1, -0.05) is 12.1 Å². The van der Waals surface area contributed by atoms with Crippen molar-refractivity contribution in [2.24, 2.45) is 4.99 Å². The summed E-state index contributed by atoms with van der Waals surface area (Å²) in [5.74, 6) is 0.502. The maximum Gasteiger partial charge on any atom is 0.160 e. The van der Waals surface area contributed by atoms with Crippen molar-refractivity contribution < 1.29 is 18.8 Å². The number of hydrogen-bond donors (Lipinski definition) is 3. The predicted molar refractivity (Wildman–Crippen MR) is 112 cm³/mol. The number of methoxy groups -OCH3 is 1. The van der Waals surface area contributed by atoms with Gasteiger partial charge < -0.3 is 14.6 Å². The number of hydrogen-bond acceptors (Lipinski definition) is 5. The Morgan fingerprint density at radius 1 is 1.21 bits per heavy atom. The van der Waals surface area contributed by atoms with E-state index in [1.54, 1.807) is 7.11 Å². The van der Waals surface area contributed by atoms with Crippen LogP contribution in [0.15, 0.2) is 68.9 Å². The Balaban J connectivity index is 1.76. The normalized spacial score (nSPS) is 11.4. The fraction of sp³-hybridized carbons (Fsp3) is 0.143. The van der Waals surface area contributed by atoms with Gasteiger partial charge in [-0.25, -0.2) is 9.38 Å². The molecule has 0 atom stereocenters. The van der Waals surface area contributed by atoms with E-state index in [9.17, 15) is 9.60 Å². The molecule has 0 radical (unpaired) electrons. The molecule has 0 spiro atoms. The van der Waals surface area contributed by atoms with Crippen LogP contribution in [0.25, 0.3) is 0 Å². The first-order valence-electron chi connectivity index (χ1n) is 8.68. The molecule has 0 saturated heterocycles. The van der Waals surface area contributed by atoms with Gasteiger partial charge in [-0.3, -0.25) is 10.7 Å². The van der Waals surface area contributed by atoms with E-state index in [2.05, 4.69) is 26.4 Å². The minimum Gasteiger partial charge on any atom is -0.497 e. The molecule has 0 aliphatic carbocycles. The van der Waals surface area contributed by atoms with Gasteiger partial charge in [-0.05, 0) is 51.8 Å². The monoisotopic (exact) mass is 459 g/mol. The van der Waals surface area contributed by atoms with Crippen LogP contribution in [0.3, 0.4) is 0 Å². The van der Waals surface area contributed by atoms with Gasteiger partial charge in [0.05, 0.1) is 29.1 Å². The number of hydroxylamine groups is 1. The first kappa shape index (κ1) is 20.8. The van der Waals surface area contributed by atoms with E-state index < -0.39 is 5.82 Å². The molecule has 3 rings (SSSR count). The van der Waals surface area contributed by atoms with Gasteiger partial charge in [0.1, 0.15) is 17.8 Å². The number of rotatable bonds is 7. The summed E-state index contributed by atoms with van der Waals surface area (Å²) in [5, 5.41) is 17.9. The van der Waals surface area contributed by atoms with Crippen molar-refractivity contribution in [3.63, 3.8) is 0 Å². The molecule has 0 amide bonds. The lowest BCUT2D eigenvalue weighted by atomic mass is 10.0. The Labute approximate surface area is 175 Å². The second-order valence-corrected chi connectivity index (χ2v) is 7.14. The fourth-order valence-corrected chi connectivity index (χ4v) is 3.15. The van der Waals surface area contributed by atoms with Crippen LogP contribution in [-0.2, 0) is 12.8 Å². The summed E-state index contributed by atoms with van der Waals surface area (Å²) in [6.45, 7) is 0. The van der Waals surface area contributed by atoms with Crippen LogP contribution in [0.4, 0.5) is 10.1 Å². The number of nitrogens with zero attached hydrogens (tertiary/aromatic N) is 1. The van der Waals surface area contributed by atoms with Crippen molar-refractivity contribution in [3.8, 4) is 5.75 Å². The van der Waals surface area contributed by atoms with Crippen LogP contribution < -0.4 is 10.2 Å². The van der Waals surface area contributed by atoms with Gasteiger partial charge in [0, 0.05) is 24.1 Å². The van der Waals surface area contributed by atoms with Gasteiger partial charge in [0.2, 0.25) is 0 Å². The van der Waals surface area contributed by atoms with Crippen molar-refractivity contribution in [2.45, 2.75) is 12.8 Å². The average molecular weight is 460 g/mol. The van der Waals surface area contributed by atoms with Crippen LogP contribution in [0.1, 0.15) is 16.7 Å². The minimum absolute atomic E-state index is 0.143. The highest BCUT2D eigenvalue weighted by Crippen LogP contribution is 2.23. The Hall–Kier alpha value is -2.97. The second-order valence-electron chi connectivity index (χ2n) is 6.29. The predicted octanol–water partition coefficient (Wildman–Crippen LogP) is 5.05. The average Bonchev–Trinajstić information content (AvgIpc) is 3.17. The smallest absolute Gasteiger partial charge is 0.160 e. The molecule has 3 N–H and O–H groups in total. The van der Waals surface area contributed by atoms with Crippen molar-refractivity contribution >= 4 is 33.2 Å². The SMILES string of the molecule is COc1ccc(CC(=N)Cc2cocc2C(=Nc2ccc(F)c(Br)c2)NO)cc1. The molecule has 0 unspecified atom stereocenters. The number of nitrogens with one attached hydrogen (secondary N) is 2. The molecule has 0 fully saturated rings. The Morgan fingerprint density at radius 3 is 2.62 bits per heavy atom. The highest BCUT2D eigenvalue weighted by Gasteiger charge is 2.14. The molecule has 6 nitrogen and oxygen atoms in total. The van der Waals surface area contributed by atoms with Crippen molar-refractivity contribution in [2.75, 3.05) is 7.11 Å². The Bertz CT molecular complexity index is 1030. The van der Waals surface area contributed by atoms with Gasteiger partial charge in [-0.2, -0.15) is 0 Å². The largest absolute Gasteiger partial charge is 0.497 e. The molecule has 150 valence electrons. The molecule has 1 aromatic heterocycles. The molecule has 0 saturated carbocycles. The summed E-state index contributed by atoms with van der Waals surface area (Å²) in [6.07, 6.45) is 3.76. The summed E-state index contributed by atoms with van der Waals surface area (Å²) in [6, 6.07) is 11.8. The lowest BCUT2D eigenvalue weighted by Crippen LogP contribution is -2.21. The van der Waals surface area contributed by atoms with Gasteiger partial charge in [0.25, 0.3) is 0 Å². The van der Waals surface area contributed by atoms with Crippen LogP contribution in [0.5, 0.6) is 5.75 Å². The third kappa shape index (κ3) is 5.30. The van der Waals surface area contributed by atoms with Crippen LogP contribution in [-0.4, -0.2) is 23.9 Å². The Kier molecular flexibility index (Phi) is 6.79. The molecule has 0 aliphatic rings. The van der Waals surface area contributed by atoms with E-state index in [4.69, 9.17) is 14.6 Å². The summed E-state index contributed by atoms with van der Waals surface area (Å²) < 4.78 is 24.1.